The van der Waals surface area contributed by atoms with E-state index in [9.17, 15) is 5.11 Å². The standard InChI is InChI=1S/C13H12O.Na/c14-13(12-8-4-5-9-12)10-11-6-2-1-3-7-11;/h1-9,14H,10H2;/q;+1/p-1. The van der Waals surface area contributed by atoms with Crippen LogP contribution in [-0.4, -0.2) is 0 Å². The Bertz CT molecular complexity index is 388. The van der Waals surface area contributed by atoms with Gasteiger partial charge in [0.15, 0.2) is 0 Å². The normalized spacial score (nSPS) is 12.7. The van der Waals surface area contributed by atoms with E-state index in [0.717, 1.165) is 11.1 Å². The van der Waals surface area contributed by atoms with E-state index in [4.69, 9.17) is 0 Å². The van der Waals surface area contributed by atoms with Gasteiger partial charge in [0.25, 0.3) is 0 Å². The van der Waals surface area contributed by atoms with Crippen LogP contribution in [0.1, 0.15) is 5.56 Å². The zero-order chi connectivity index (χ0) is 9.80. The Balaban J connectivity index is 0.00000112. The van der Waals surface area contributed by atoms with Crippen LogP contribution in [0.2, 0.25) is 0 Å². The van der Waals surface area contributed by atoms with E-state index in [-0.39, 0.29) is 35.3 Å². The minimum Gasteiger partial charge on any atom is -0.875 e. The van der Waals surface area contributed by atoms with Crippen molar-refractivity contribution in [3.8, 4) is 0 Å². The van der Waals surface area contributed by atoms with Gasteiger partial charge in [0.05, 0.1) is 0 Å². The molecule has 15 heavy (non-hydrogen) atoms. The molecular formula is C13H11NaO. The molecule has 0 spiro atoms. The van der Waals surface area contributed by atoms with Crippen LogP contribution in [0.25, 0.3) is 0 Å². The van der Waals surface area contributed by atoms with Gasteiger partial charge in [-0.2, -0.15) is 0 Å². The van der Waals surface area contributed by atoms with E-state index in [2.05, 4.69) is 0 Å². The molecule has 0 aliphatic heterocycles. The van der Waals surface area contributed by atoms with Gasteiger partial charge >= 0.3 is 29.6 Å². The third kappa shape index (κ3) is 3.38. The molecule has 1 aromatic rings. The average molecular weight is 206 g/mol. The molecule has 0 saturated heterocycles. The Morgan fingerprint density at radius 3 is 2.20 bits per heavy atom. The Kier molecular flexibility index (Phi) is 4.89. The number of hydrogen-bond acceptors (Lipinski definition) is 1. The maximum absolute atomic E-state index is 11.7. The molecule has 1 aliphatic rings. The van der Waals surface area contributed by atoms with Gasteiger partial charge in [-0.15, -0.1) is 5.76 Å². The SMILES string of the molecule is [Na+].[O-]C(Cc1ccccc1)=C1C=CC=C1. The van der Waals surface area contributed by atoms with E-state index in [0.29, 0.717) is 6.42 Å². The van der Waals surface area contributed by atoms with Crippen LogP contribution in [0.15, 0.2) is 66.0 Å². The summed E-state index contributed by atoms with van der Waals surface area (Å²) in [6.45, 7) is 0. The summed E-state index contributed by atoms with van der Waals surface area (Å²) in [5, 5.41) is 11.7. The van der Waals surface area contributed by atoms with Crippen LogP contribution in [0.5, 0.6) is 0 Å². The smallest absolute Gasteiger partial charge is 0.875 e. The van der Waals surface area contributed by atoms with Crippen LogP contribution in [0.4, 0.5) is 0 Å². The van der Waals surface area contributed by atoms with Crippen molar-refractivity contribution in [2.45, 2.75) is 6.42 Å². The summed E-state index contributed by atoms with van der Waals surface area (Å²) >= 11 is 0. The van der Waals surface area contributed by atoms with Crippen LogP contribution >= 0.6 is 0 Å². The predicted octanol–water partition coefficient (Wildman–Crippen LogP) is -1.03. The van der Waals surface area contributed by atoms with Gasteiger partial charge in [-0.1, -0.05) is 54.6 Å². The third-order valence-electron chi connectivity index (χ3n) is 2.19. The van der Waals surface area contributed by atoms with Gasteiger partial charge in [0.1, 0.15) is 0 Å². The summed E-state index contributed by atoms with van der Waals surface area (Å²) in [6, 6.07) is 9.80. The fourth-order valence-corrected chi connectivity index (χ4v) is 1.44. The summed E-state index contributed by atoms with van der Waals surface area (Å²) in [5.41, 5.74) is 1.87. The fourth-order valence-electron chi connectivity index (χ4n) is 1.44. The van der Waals surface area contributed by atoms with Crippen molar-refractivity contribution in [3.63, 3.8) is 0 Å². The van der Waals surface area contributed by atoms with Crippen molar-refractivity contribution >= 4 is 0 Å². The second-order valence-electron chi connectivity index (χ2n) is 3.26. The number of rotatable bonds is 2. The van der Waals surface area contributed by atoms with Crippen molar-refractivity contribution in [2.24, 2.45) is 0 Å². The van der Waals surface area contributed by atoms with Crippen LogP contribution in [0.3, 0.4) is 0 Å². The molecule has 0 aromatic heterocycles. The third-order valence-corrected chi connectivity index (χ3v) is 2.19. The summed E-state index contributed by atoms with van der Waals surface area (Å²) in [6.07, 6.45) is 7.97. The maximum atomic E-state index is 11.7. The van der Waals surface area contributed by atoms with Crippen LogP contribution in [0, 0.1) is 0 Å². The van der Waals surface area contributed by atoms with Crippen molar-refractivity contribution in [1.29, 1.82) is 0 Å². The topological polar surface area (TPSA) is 23.1 Å². The zero-order valence-electron chi connectivity index (χ0n) is 8.81. The molecule has 0 radical (unpaired) electrons. The molecule has 1 nitrogen and oxygen atoms in total. The molecule has 0 saturated carbocycles. The van der Waals surface area contributed by atoms with Crippen molar-refractivity contribution in [2.75, 3.05) is 0 Å². The molecule has 0 unspecified atom stereocenters. The minimum absolute atomic E-state index is 0. The number of allylic oxidation sites excluding steroid dienone is 6. The van der Waals surface area contributed by atoms with Gasteiger partial charge in [-0.25, -0.2) is 0 Å². The molecule has 0 atom stereocenters. The van der Waals surface area contributed by atoms with E-state index >= 15 is 0 Å². The number of benzene rings is 1. The molecular weight excluding hydrogens is 195 g/mol. The van der Waals surface area contributed by atoms with E-state index in [1.165, 1.54) is 0 Å². The molecule has 70 valence electrons. The van der Waals surface area contributed by atoms with Gasteiger partial charge in [-0.3, -0.25) is 0 Å². The first kappa shape index (κ1) is 12.3. The first-order valence-corrected chi connectivity index (χ1v) is 4.65. The fraction of sp³-hybridized carbons (Fsp3) is 0.0769. The molecule has 2 heteroatoms. The molecule has 2 rings (SSSR count). The molecule has 1 aliphatic carbocycles. The average Bonchev–Trinajstić information content (AvgIpc) is 2.72. The summed E-state index contributed by atoms with van der Waals surface area (Å²) in [5.74, 6) is 0.182. The summed E-state index contributed by atoms with van der Waals surface area (Å²) < 4.78 is 0. The monoisotopic (exact) mass is 206 g/mol. The molecule has 0 N–H and O–H groups in total. The van der Waals surface area contributed by atoms with E-state index in [1.54, 1.807) is 0 Å². The van der Waals surface area contributed by atoms with Crippen molar-refractivity contribution < 1.29 is 34.7 Å². The Morgan fingerprint density at radius 2 is 1.60 bits per heavy atom. The summed E-state index contributed by atoms with van der Waals surface area (Å²) in [7, 11) is 0. The van der Waals surface area contributed by atoms with Crippen molar-refractivity contribution in [1.82, 2.24) is 0 Å². The largest absolute Gasteiger partial charge is 1.00 e. The quantitative estimate of drug-likeness (QED) is 0.448. The first-order valence-electron chi connectivity index (χ1n) is 4.65. The van der Waals surface area contributed by atoms with Crippen molar-refractivity contribution in [3.05, 3.63) is 71.5 Å². The van der Waals surface area contributed by atoms with E-state index in [1.807, 2.05) is 54.6 Å². The maximum Gasteiger partial charge on any atom is 1.00 e. The predicted molar refractivity (Wildman–Crippen MR) is 55.5 cm³/mol. The Hall–Kier alpha value is -0.760. The Labute approximate surface area is 112 Å². The van der Waals surface area contributed by atoms with Crippen LogP contribution in [-0.2, 0) is 6.42 Å². The molecule has 1 aromatic carbocycles. The molecule has 0 fully saturated rings. The van der Waals surface area contributed by atoms with Gasteiger partial charge in [0, 0.05) is 0 Å². The van der Waals surface area contributed by atoms with Gasteiger partial charge in [-0.05, 0) is 17.6 Å². The van der Waals surface area contributed by atoms with Gasteiger partial charge in [0.2, 0.25) is 0 Å². The molecule has 0 amide bonds. The number of hydrogen-bond donors (Lipinski definition) is 0. The molecule has 0 heterocycles. The second kappa shape index (κ2) is 5.96. The first-order chi connectivity index (χ1) is 6.86. The minimum atomic E-state index is 0. The Morgan fingerprint density at radius 1 is 1.00 bits per heavy atom. The van der Waals surface area contributed by atoms with Crippen LogP contribution < -0.4 is 34.7 Å². The summed E-state index contributed by atoms with van der Waals surface area (Å²) in [4.78, 5) is 0. The second-order valence-corrected chi connectivity index (χ2v) is 3.26. The molecule has 0 bridgehead atoms. The van der Waals surface area contributed by atoms with E-state index < -0.39 is 0 Å². The zero-order valence-corrected chi connectivity index (χ0v) is 10.8. The van der Waals surface area contributed by atoms with Gasteiger partial charge < -0.3 is 5.11 Å².